The highest BCUT2D eigenvalue weighted by Gasteiger charge is 2.08. The van der Waals surface area contributed by atoms with Crippen LogP contribution in [0.5, 0.6) is 0 Å². The Hall–Kier alpha value is -2.17. The quantitative estimate of drug-likeness (QED) is 0.669. The van der Waals surface area contributed by atoms with Crippen LogP contribution < -0.4 is 5.32 Å². The molecule has 20 heavy (non-hydrogen) atoms. The highest BCUT2D eigenvalue weighted by Crippen LogP contribution is 2.04. The fraction of sp³-hybridized carbons (Fsp3) is 0.400. The van der Waals surface area contributed by atoms with Crippen LogP contribution in [0.25, 0.3) is 0 Å². The Morgan fingerprint density at radius 3 is 2.85 bits per heavy atom. The summed E-state index contributed by atoms with van der Waals surface area (Å²) in [6.07, 6.45) is 4.60. The summed E-state index contributed by atoms with van der Waals surface area (Å²) >= 11 is 0. The first-order valence-electron chi connectivity index (χ1n) is 6.75. The highest BCUT2D eigenvalue weighted by molar-refractivity contribution is 5.79. The number of aliphatic imine (C=N–C) groups is 1. The van der Waals surface area contributed by atoms with Gasteiger partial charge in [-0.05, 0) is 24.3 Å². The van der Waals surface area contributed by atoms with E-state index in [1.807, 2.05) is 19.2 Å². The van der Waals surface area contributed by atoms with Crippen LogP contribution in [0.2, 0.25) is 0 Å². The monoisotopic (exact) mass is 274 g/mol. The lowest BCUT2D eigenvalue weighted by Crippen LogP contribution is -2.39. The predicted molar refractivity (Wildman–Crippen MR) is 80.7 cm³/mol. The van der Waals surface area contributed by atoms with Crippen LogP contribution in [0.15, 0.2) is 46.1 Å². The Bertz CT molecular complexity index is 542. The molecule has 0 saturated carbocycles. The minimum atomic E-state index is 0.803. The van der Waals surface area contributed by atoms with Crippen LogP contribution in [0.4, 0.5) is 0 Å². The second-order valence-corrected chi connectivity index (χ2v) is 4.77. The Morgan fingerprint density at radius 2 is 2.25 bits per heavy atom. The molecule has 5 heteroatoms. The third kappa shape index (κ3) is 3.66. The lowest BCUT2D eigenvalue weighted by atomic mass is 10.3. The highest BCUT2D eigenvalue weighted by atomic mass is 16.3. The Balaban J connectivity index is 1.83. The van der Waals surface area contributed by atoms with E-state index in [1.165, 1.54) is 5.69 Å². The number of aromatic nitrogens is 1. The van der Waals surface area contributed by atoms with Gasteiger partial charge in [-0.3, -0.25) is 4.99 Å². The van der Waals surface area contributed by atoms with Crippen LogP contribution in [-0.4, -0.2) is 36.1 Å². The van der Waals surface area contributed by atoms with Crippen molar-refractivity contribution in [2.45, 2.75) is 13.0 Å². The summed E-state index contributed by atoms with van der Waals surface area (Å²) in [5.41, 5.74) is 1.25. The largest absolute Gasteiger partial charge is 0.469 e. The molecule has 0 aliphatic heterocycles. The zero-order valence-corrected chi connectivity index (χ0v) is 12.3. The van der Waals surface area contributed by atoms with Gasteiger partial charge in [-0.1, -0.05) is 0 Å². The lowest BCUT2D eigenvalue weighted by molar-refractivity contribution is 0.457. The average Bonchev–Trinajstić information content (AvgIpc) is 3.07. The summed E-state index contributed by atoms with van der Waals surface area (Å²) in [4.78, 5) is 6.42. The second-order valence-electron chi connectivity index (χ2n) is 4.77. The molecule has 0 fully saturated rings. The third-order valence-corrected chi connectivity index (χ3v) is 3.26. The van der Waals surface area contributed by atoms with Crippen LogP contribution >= 0.6 is 0 Å². The molecule has 0 aromatic carbocycles. The number of aryl methyl sites for hydroxylation is 1. The molecule has 5 nitrogen and oxygen atoms in total. The molecular weight excluding hydrogens is 252 g/mol. The first kappa shape index (κ1) is 14.2. The van der Waals surface area contributed by atoms with Crippen molar-refractivity contribution in [1.82, 2.24) is 14.8 Å². The number of furan rings is 1. The molecular formula is C15H22N4O. The van der Waals surface area contributed by atoms with Crippen LogP contribution in [0.1, 0.15) is 11.5 Å². The minimum absolute atomic E-state index is 0.803. The zero-order chi connectivity index (χ0) is 14.4. The van der Waals surface area contributed by atoms with Gasteiger partial charge in [-0.15, -0.1) is 0 Å². The average molecular weight is 274 g/mol. The number of nitrogens with one attached hydrogen (secondary N) is 1. The summed E-state index contributed by atoms with van der Waals surface area (Å²) in [7, 11) is 5.89. The van der Waals surface area contributed by atoms with Gasteiger partial charge in [-0.2, -0.15) is 0 Å². The van der Waals surface area contributed by atoms with Crippen LogP contribution in [-0.2, 0) is 20.0 Å². The Morgan fingerprint density at radius 1 is 1.40 bits per heavy atom. The summed E-state index contributed by atoms with van der Waals surface area (Å²) in [6.45, 7) is 1.63. The van der Waals surface area contributed by atoms with Gasteiger partial charge >= 0.3 is 0 Å². The summed E-state index contributed by atoms with van der Waals surface area (Å²) in [6, 6.07) is 8.06. The van der Waals surface area contributed by atoms with E-state index in [2.05, 4.69) is 45.2 Å². The first-order chi connectivity index (χ1) is 9.70. The SMILES string of the molecule is CN=C(NCCc1ccco1)N(C)Cc1cccn1C. The predicted octanol–water partition coefficient (Wildman–Crippen LogP) is 1.87. The van der Waals surface area contributed by atoms with Crippen molar-refractivity contribution in [2.24, 2.45) is 12.0 Å². The fourth-order valence-corrected chi connectivity index (χ4v) is 2.12. The normalized spacial score (nSPS) is 11.7. The maximum absolute atomic E-state index is 5.31. The molecule has 0 aliphatic rings. The molecule has 108 valence electrons. The zero-order valence-electron chi connectivity index (χ0n) is 12.3. The number of hydrogen-bond donors (Lipinski definition) is 1. The van der Waals surface area contributed by atoms with Crippen molar-refractivity contribution in [2.75, 3.05) is 20.6 Å². The maximum Gasteiger partial charge on any atom is 0.193 e. The first-order valence-corrected chi connectivity index (χ1v) is 6.75. The van der Waals surface area contributed by atoms with Crippen molar-refractivity contribution in [1.29, 1.82) is 0 Å². The van der Waals surface area contributed by atoms with E-state index in [4.69, 9.17) is 4.42 Å². The van der Waals surface area contributed by atoms with Crippen LogP contribution in [0.3, 0.4) is 0 Å². The second kappa shape index (κ2) is 6.84. The third-order valence-electron chi connectivity index (χ3n) is 3.26. The smallest absolute Gasteiger partial charge is 0.193 e. The minimum Gasteiger partial charge on any atom is -0.469 e. The van der Waals surface area contributed by atoms with E-state index in [0.29, 0.717) is 0 Å². The van der Waals surface area contributed by atoms with Crippen molar-refractivity contribution < 1.29 is 4.42 Å². The molecule has 0 spiro atoms. The van der Waals surface area contributed by atoms with Gasteiger partial charge in [0.15, 0.2) is 5.96 Å². The van der Waals surface area contributed by atoms with Crippen molar-refractivity contribution >= 4 is 5.96 Å². The van der Waals surface area contributed by atoms with Crippen molar-refractivity contribution in [3.05, 3.63) is 48.2 Å². The van der Waals surface area contributed by atoms with Gasteiger partial charge in [0.05, 0.1) is 12.8 Å². The molecule has 1 N–H and O–H groups in total. The van der Waals surface area contributed by atoms with E-state index in [1.54, 1.807) is 13.3 Å². The van der Waals surface area contributed by atoms with E-state index in [-0.39, 0.29) is 0 Å². The molecule has 0 radical (unpaired) electrons. The molecule has 0 amide bonds. The molecule has 0 unspecified atom stereocenters. The molecule has 0 saturated heterocycles. The van der Waals surface area contributed by atoms with Crippen molar-refractivity contribution in [3.63, 3.8) is 0 Å². The van der Waals surface area contributed by atoms with Gasteiger partial charge < -0.3 is 19.2 Å². The van der Waals surface area contributed by atoms with Gasteiger partial charge in [0.2, 0.25) is 0 Å². The van der Waals surface area contributed by atoms with E-state index < -0.39 is 0 Å². The van der Waals surface area contributed by atoms with Crippen LogP contribution in [0, 0.1) is 0 Å². The van der Waals surface area contributed by atoms with Gasteiger partial charge in [-0.25, -0.2) is 0 Å². The summed E-state index contributed by atoms with van der Waals surface area (Å²) < 4.78 is 7.43. The fourth-order valence-electron chi connectivity index (χ4n) is 2.12. The number of hydrogen-bond acceptors (Lipinski definition) is 2. The standard InChI is InChI=1S/C15H22N4O/c1-16-15(17-9-8-14-7-5-11-20-14)19(3)12-13-6-4-10-18(13)2/h4-7,10-11H,8-9,12H2,1-3H3,(H,16,17). The Labute approximate surface area is 119 Å². The summed E-state index contributed by atoms with van der Waals surface area (Å²) in [5, 5.41) is 3.35. The van der Waals surface area contributed by atoms with Gasteiger partial charge in [0.1, 0.15) is 5.76 Å². The maximum atomic E-state index is 5.31. The topological polar surface area (TPSA) is 45.7 Å². The molecule has 0 atom stereocenters. The molecule has 0 aliphatic carbocycles. The number of guanidine groups is 1. The van der Waals surface area contributed by atoms with E-state index in [0.717, 1.165) is 31.2 Å². The summed E-state index contributed by atoms with van der Waals surface area (Å²) in [5.74, 6) is 1.87. The van der Waals surface area contributed by atoms with Gasteiger partial charge in [0, 0.05) is 46.0 Å². The molecule has 2 aromatic heterocycles. The van der Waals surface area contributed by atoms with Crippen molar-refractivity contribution in [3.8, 4) is 0 Å². The number of nitrogens with zero attached hydrogens (tertiary/aromatic N) is 3. The lowest BCUT2D eigenvalue weighted by Gasteiger charge is -2.22. The molecule has 0 bridgehead atoms. The number of rotatable bonds is 5. The van der Waals surface area contributed by atoms with E-state index >= 15 is 0 Å². The molecule has 2 aromatic rings. The van der Waals surface area contributed by atoms with Gasteiger partial charge in [0.25, 0.3) is 0 Å². The van der Waals surface area contributed by atoms with E-state index in [9.17, 15) is 0 Å². The molecule has 2 rings (SSSR count). The Kier molecular flexibility index (Phi) is 4.87. The molecule has 2 heterocycles.